The Morgan fingerprint density at radius 3 is 2.33 bits per heavy atom. The third-order valence-electron chi connectivity index (χ3n) is 5.44. The van der Waals surface area contributed by atoms with Crippen molar-refractivity contribution in [1.29, 1.82) is 0 Å². The lowest BCUT2D eigenvalue weighted by Gasteiger charge is -2.26. The zero-order valence-corrected chi connectivity index (χ0v) is 17.9. The number of anilines is 2. The highest BCUT2D eigenvalue weighted by atomic mass is 16.6. The molecular formula is C24H20N4O5. The number of ketones is 1. The second-order valence-electron chi connectivity index (χ2n) is 7.67. The summed E-state index contributed by atoms with van der Waals surface area (Å²) in [4.78, 5) is 44.0. The second-order valence-corrected chi connectivity index (χ2v) is 7.67. The Labute approximate surface area is 189 Å². The van der Waals surface area contributed by atoms with Gasteiger partial charge in [0.2, 0.25) is 0 Å². The van der Waals surface area contributed by atoms with Gasteiger partial charge in [0.15, 0.2) is 0 Å². The number of nitrogens with zero attached hydrogens (tertiary/aromatic N) is 4. The molecule has 0 radical (unpaired) electrons. The van der Waals surface area contributed by atoms with E-state index in [0.717, 1.165) is 11.8 Å². The molecule has 166 valence electrons. The summed E-state index contributed by atoms with van der Waals surface area (Å²) in [5.74, 6) is -2.16. The van der Waals surface area contributed by atoms with Crippen molar-refractivity contribution in [3.05, 3.63) is 99.9 Å². The summed E-state index contributed by atoms with van der Waals surface area (Å²) in [6.45, 7) is 0. The maximum absolute atomic E-state index is 13.1. The SMILES string of the molecule is CN(C)c1ccc(N2C(=O)C(=O)/C(=C(\O)c3cccc([N+](=O)[O-])c3)C2c2ccncc2)cc1. The molecule has 0 bridgehead atoms. The van der Waals surface area contributed by atoms with E-state index in [1.165, 1.54) is 35.5 Å². The number of Topliss-reactive ketones (excluding diaryl/α,β-unsaturated/α-hetero) is 1. The van der Waals surface area contributed by atoms with Crippen LogP contribution in [-0.4, -0.2) is 40.8 Å². The van der Waals surface area contributed by atoms with E-state index in [1.54, 1.807) is 24.3 Å². The normalized spacial score (nSPS) is 17.3. The first-order valence-corrected chi connectivity index (χ1v) is 10.0. The minimum absolute atomic E-state index is 0.0733. The molecule has 33 heavy (non-hydrogen) atoms. The summed E-state index contributed by atoms with van der Waals surface area (Å²) in [6, 6.07) is 14.8. The highest BCUT2D eigenvalue weighted by molar-refractivity contribution is 6.51. The van der Waals surface area contributed by atoms with Gasteiger partial charge in [0.1, 0.15) is 5.76 Å². The zero-order chi connectivity index (χ0) is 23.7. The maximum atomic E-state index is 13.1. The highest BCUT2D eigenvalue weighted by Crippen LogP contribution is 2.42. The lowest BCUT2D eigenvalue weighted by molar-refractivity contribution is -0.384. The van der Waals surface area contributed by atoms with Gasteiger partial charge < -0.3 is 10.0 Å². The fourth-order valence-electron chi connectivity index (χ4n) is 3.79. The number of hydrogen-bond acceptors (Lipinski definition) is 7. The Morgan fingerprint density at radius 1 is 1.06 bits per heavy atom. The van der Waals surface area contributed by atoms with Crippen LogP contribution in [0.1, 0.15) is 17.2 Å². The molecule has 1 amide bonds. The number of aromatic nitrogens is 1. The summed E-state index contributed by atoms with van der Waals surface area (Å²) in [6.07, 6.45) is 3.05. The molecule has 2 aromatic carbocycles. The quantitative estimate of drug-likeness (QED) is 0.210. The maximum Gasteiger partial charge on any atom is 0.300 e. The van der Waals surface area contributed by atoms with Crippen molar-refractivity contribution < 1.29 is 19.6 Å². The number of carbonyl (C=O) groups is 2. The topological polar surface area (TPSA) is 117 Å². The number of pyridine rings is 1. The monoisotopic (exact) mass is 444 g/mol. The molecule has 1 aromatic heterocycles. The lowest BCUT2D eigenvalue weighted by atomic mass is 9.95. The molecule has 1 unspecified atom stereocenters. The Morgan fingerprint density at radius 2 is 1.73 bits per heavy atom. The van der Waals surface area contributed by atoms with Crippen molar-refractivity contribution in [3.8, 4) is 0 Å². The fraction of sp³-hybridized carbons (Fsp3) is 0.125. The molecule has 0 saturated carbocycles. The van der Waals surface area contributed by atoms with Crippen molar-refractivity contribution in [2.24, 2.45) is 0 Å². The smallest absolute Gasteiger partial charge is 0.300 e. The number of aliphatic hydroxyl groups is 1. The van der Waals surface area contributed by atoms with E-state index in [2.05, 4.69) is 4.98 Å². The van der Waals surface area contributed by atoms with Crippen LogP contribution < -0.4 is 9.80 Å². The average Bonchev–Trinajstić information content (AvgIpc) is 3.09. The van der Waals surface area contributed by atoms with Gasteiger partial charge >= 0.3 is 0 Å². The van der Waals surface area contributed by atoms with Crippen molar-refractivity contribution in [3.63, 3.8) is 0 Å². The molecule has 1 fully saturated rings. The predicted molar refractivity (Wildman–Crippen MR) is 123 cm³/mol. The number of nitro benzene ring substituents is 1. The minimum atomic E-state index is -0.933. The van der Waals surface area contributed by atoms with E-state index >= 15 is 0 Å². The van der Waals surface area contributed by atoms with Gasteiger partial charge in [-0.15, -0.1) is 0 Å². The van der Waals surface area contributed by atoms with Gasteiger partial charge in [0.25, 0.3) is 17.4 Å². The number of carbonyl (C=O) groups excluding carboxylic acids is 2. The predicted octanol–water partition coefficient (Wildman–Crippen LogP) is 3.68. The van der Waals surface area contributed by atoms with Gasteiger partial charge in [0, 0.05) is 55.6 Å². The van der Waals surface area contributed by atoms with Crippen LogP contribution in [0.4, 0.5) is 17.1 Å². The third kappa shape index (κ3) is 3.91. The molecule has 0 spiro atoms. The molecule has 4 rings (SSSR count). The molecule has 1 aliphatic rings. The van der Waals surface area contributed by atoms with E-state index in [4.69, 9.17) is 0 Å². The molecule has 1 atom stereocenters. The van der Waals surface area contributed by atoms with Gasteiger partial charge in [-0.2, -0.15) is 0 Å². The summed E-state index contributed by atoms with van der Waals surface area (Å²) in [7, 11) is 3.77. The van der Waals surface area contributed by atoms with Gasteiger partial charge in [-0.05, 0) is 42.0 Å². The van der Waals surface area contributed by atoms with Crippen molar-refractivity contribution in [1.82, 2.24) is 4.98 Å². The molecule has 2 heterocycles. The number of rotatable bonds is 5. The molecule has 9 heteroatoms. The number of nitro groups is 1. The van der Waals surface area contributed by atoms with Gasteiger partial charge in [-0.25, -0.2) is 0 Å². The Bertz CT molecular complexity index is 1270. The summed E-state index contributed by atoms with van der Waals surface area (Å²) >= 11 is 0. The largest absolute Gasteiger partial charge is 0.507 e. The van der Waals surface area contributed by atoms with E-state index in [9.17, 15) is 24.8 Å². The van der Waals surface area contributed by atoms with Crippen LogP contribution in [0.5, 0.6) is 0 Å². The van der Waals surface area contributed by atoms with E-state index in [-0.39, 0.29) is 16.8 Å². The first-order valence-electron chi connectivity index (χ1n) is 10.0. The molecule has 0 aliphatic carbocycles. The Balaban J connectivity index is 1.90. The van der Waals surface area contributed by atoms with Gasteiger partial charge in [0.05, 0.1) is 16.5 Å². The summed E-state index contributed by atoms with van der Waals surface area (Å²) in [5.41, 5.74) is 1.63. The van der Waals surface area contributed by atoms with E-state index < -0.39 is 28.4 Å². The Kier molecular flexibility index (Phi) is 5.61. The number of hydrogen-bond donors (Lipinski definition) is 1. The van der Waals surface area contributed by atoms with Crippen LogP contribution in [0, 0.1) is 10.1 Å². The number of amides is 1. The molecule has 1 aliphatic heterocycles. The van der Waals surface area contributed by atoms with Crippen LogP contribution in [0.25, 0.3) is 5.76 Å². The first-order chi connectivity index (χ1) is 15.8. The fourth-order valence-corrected chi connectivity index (χ4v) is 3.79. The van der Waals surface area contributed by atoms with Crippen LogP contribution >= 0.6 is 0 Å². The number of benzene rings is 2. The minimum Gasteiger partial charge on any atom is -0.507 e. The standard InChI is InChI=1S/C24H20N4O5/c1-26(2)17-6-8-18(9-7-17)27-21(15-10-12-25-13-11-15)20(23(30)24(27)31)22(29)16-4-3-5-19(14-16)28(32)33/h3-14,21,29H,1-2H3/b22-20-. The number of non-ortho nitro benzene ring substituents is 1. The Hall–Kier alpha value is -4.53. The van der Waals surface area contributed by atoms with Crippen molar-refractivity contribution in [2.75, 3.05) is 23.9 Å². The third-order valence-corrected chi connectivity index (χ3v) is 5.44. The van der Waals surface area contributed by atoms with Crippen LogP contribution in [-0.2, 0) is 9.59 Å². The summed E-state index contributed by atoms with van der Waals surface area (Å²) in [5, 5.41) is 22.2. The van der Waals surface area contributed by atoms with Crippen LogP contribution in [0.2, 0.25) is 0 Å². The number of aliphatic hydroxyl groups excluding tert-OH is 1. The lowest BCUT2D eigenvalue weighted by Crippen LogP contribution is -2.29. The highest BCUT2D eigenvalue weighted by Gasteiger charge is 2.47. The average molecular weight is 444 g/mol. The molecule has 9 nitrogen and oxygen atoms in total. The van der Waals surface area contributed by atoms with Crippen LogP contribution in [0.3, 0.4) is 0 Å². The molecular weight excluding hydrogens is 424 g/mol. The van der Waals surface area contributed by atoms with Crippen molar-refractivity contribution in [2.45, 2.75) is 6.04 Å². The zero-order valence-electron chi connectivity index (χ0n) is 17.9. The molecule has 1 N–H and O–H groups in total. The summed E-state index contributed by atoms with van der Waals surface area (Å²) < 4.78 is 0. The molecule has 1 saturated heterocycles. The first kappa shape index (κ1) is 21.7. The second kappa shape index (κ2) is 8.54. The van der Waals surface area contributed by atoms with Crippen LogP contribution in [0.15, 0.2) is 78.6 Å². The van der Waals surface area contributed by atoms with Gasteiger partial charge in [-0.1, -0.05) is 12.1 Å². The van der Waals surface area contributed by atoms with Gasteiger partial charge in [-0.3, -0.25) is 29.6 Å². The van der Waals surface area contributed by atoms with E-state index in [1.807, 2.05) is 31.1 Å². The van der Waals surface area contributed by atoms with Crippen molar-refractivity contribution >= 4 is 34.5 Å². The van der Waals surface area contributed by atoms with E-state index in [0.29, 0.717) is 11.3 Å². The molecule has 3 aromatic rings.